The van der Waals surface area contributed by atoms with Crippen LogP contribution in [0.4, 0.5) is 0 Å². The molecule has 0 N–H and O–H groups in total. The van der Waals surface area contributed by atoms with Gasteiger partial charge < -0.3 is 0 Å². The van der Waals surface area contributed by atoms with Crippen molar-refractivity contribution in [2.45, 2.75) is 38.5 Å². The fourth-order valence-corrected chi connectivity index (χ4v) is 3.32. The molecule has 0 radical (unpaired) electrons. The number of hydrogen-bond donors (Lipinski definition) is 0. The summed E-state index contributed by atoms with van der Waals surface area (Å²) in [5.41, 5.74) is 3.98. The zero-order chi connectivity index (χ0) is 11.7. The second kappa shape index (κ2) is 4.48. The third kappa shape index (κ3) is 1.95. The molecule has 17 heavy (non-hydrogen) atoms. The molecule has 1 atom stereocenters. The number of rotatable bonds is 2. The van der Waals surface area contributed by atoms with Crippen molar-refractivity contribution in [3.8, 4) is 0 Å². The average Bonchev–Trinajstić information content (AvgIpc) is 2.87. The normalized spacial score (nSPS) is 23.6. The highest BCUT2D eigenvalue weighted by Gasteiger charge is 2.31. The summed E-state index contributed by atoms with van der Waals surface area (Å²) < 4.78 is 0. The van der Waals surface area contributed by atoms with Crippen LogP contribution in [0, 0.1) is 5.92 Å². The van der Waals surface area contributed by atoms with E-state index in [9.17, 15) is 4.79 Å². The Morgan fingerprint density at radius 3 is 2.59 bits per heavy atom. The molecule has 2 aliphatic carbocycles. The van der Waals surface area contributed by atoms with Gasteiger partial charge in [-0.05, 0) is 38.5 Å². The highest BCUT2D eigenvalue weighted by atomic mass is 16.1. The standard InChI is InChI=1S/C16H18O/c17-16(13-6-2-1-3-7-13)15-11-5-9-12-8-4-10-14(12)15/h1-3,6-7,15H,4-5,8-11H2. The van der Waals surface area contributed by atoms with Crippen molar-refractivity contribution in [3.63, 3.8) is 0 Å². The first-order valence-corrected chi connectivity index (χ1v) is 6.66. The van der Waals surface area contributed by atoms with Gasteiger partial charge in [-0.25, -0.2) is 0 Å². The van der Waals surface area contributed by atoms with Crippen LogP contribution in [-0.4, -0.2) is 5.78 Å². The van der Waals surface area contributed by atoms with Gasteiger partial charge in [0, 0.05) is 11.5 Å². The van der Waals surface area contributed by atoms with Crippen molar-refractivity contribution in [1.82, 2.24) is 0 Å². The summed E-state index contributed by atoms with van der Waals surface area (Å²) in [4.78, 5) is 12.5. The van der Waals surface area contributed by atoms with E-state index in [1.807, 2.05) is 30.3 Å². The van der Waals surface area contributed by atoms with Crippen molar-refractivity contribution in [2.75, 3.05) is 0 Å². The lowest BCUT2D eigenvalue weighted by atomic mass is 9.80. The highest BCUT2D eigenvalue weighted by Crippen LogP contribution is 2.41. The van der Waals surface area contributed by atoms with Crippen LogP contribution in [0.3, 0.4) is 0 Å². The topological polar surface area (TPSA) is 17.1 Å². The number of carbonyl (C=O) groups is 1. The van der Waals surface area contributed by atoms with Gasteiger partial charge in [0.05, 0.1) is 0 Å². The monoisotopic (exact) mass is 226 g/mol. The van der Waals surface area contributed by atoms with Gasteiger partial charge in [0.1, 0.15) is 0 Å². The van der Waals surface area contributed by atoms with E-state index in [2.05, 4.69) is 0 Å². The maximum atomic E-state index is 12.5. The Labute approximate surface area is 103 Å². The molecule has 0 saturated carbocycles. The molecule has 1 heteroatoms. The fourth-order valence-electron chi connectivity index (χ4n) is 3.32. The van der Waals surface area contributed by atoms with Gasteiger partial charge in [0.15, 0.2) is 5.78 Å². The van der Waals surface area contributed by atoms with E-state index in [0.29, 0.717) is 5.78 Å². The predicted octanol–water partition coefficient (Wildman–Crippen LogP) is 4.15. The number of hydrogen-bond acceptors (Lipinski definition) is 1. The molecule has 3 rings (SSSR count). The van der Waals surface area contributed by atoms with Crippen LogP contribution in [0.15, 0.2) is 41.5 Å². The molecule has 0 fully saturated rings. The molecule has 0 spiro atoms. The second-order valence-electron chi connectivity index (χ2n) is 5.16. The summed E-state index contributed by atoms with van der Waals surface area (Å²) in [5, 5.41) is 0. The number of carbonyl (C=O) groups excluding carboxylic acids is 1. The number of Topliss-reactive ketones (excluding diaryl/α,β-unsaturated/α-hetero) is 1. The van der Waals surface area contributed by atoms with Crippen LogP contribution in [0.1, 0.15) is 48.9 Å². The Bertz CT molecular complexity index is 456. The second-order valence-corrected chi connectivity index (χ2v) is 5.16. The first-order chi connectivity index (χ1) is 8.36. The molecule has 1 aromatic rings. The molecule has 0 aromatic heterocycles. The Morgan fingerprint density at radius 2 is 1.76 bits per heavy atom. The minimum atomic E-state index is 0.198. The van der Waals surface area contributed by atoms with E-state index < -0.39 is 0 Å². The lowest BCUT2D eigenvalue weighted by Gasteiger charge is -2.24. The van der Waals surface area contributed by atoms with Crippen molar-refractivity contribution >= 4 is 5.78 Å². The Kier molecular flexibility index (Phi) is 2.84. The maximum absolute atomic E-state index is 12.5. The predicted molar refractivity (Wildman–Crippen MR) is 69.0 cm³/mol. The summed E-state index contributed by atoms with van der Waals surface area (Å²) in [5.74, 6) is 0.545. The first kappa shape index (κ1) is 10.8. The van der Waals surface area contributed by atoms with E-state index in [-0.39, 0.29) is 5.92 Å². The third-order valence-electron chi connectivity index (χ3n) is 4.15. The lowest BCUT2D eigenvalue weighted by molar-refractivity contribution is 0.0928. The van der Waals surface area contributed by atoms with Crippen LogP contribution in [-0.2, 0) is 0 Å². The van der Waals surface area contributed by atoms with Crippen molar-refractivity contribution in [2.24, 2.45) is 5.92 Å². The van der Waals surface area contributed by atoms with E-state index in [0.717, 1.165) is 12.0 Å². The average molecular weight is 226 g/mol. The maximum Gasteiger partial charge on any atom is 0.169 e. The summed E-state index contributed by atoms with van der Waals surface area (Å²) in [7, 11) is 0. The molecule has 0 bridgehead atoms. The molecule has 1 nitrogen and oxygen atoms in total. The summed E-state index contributed by atoms with van der Waals surface area (Å²) in [6.07, 6.45) is 7.18. The van der Waals surface area contributed by atoms with Crippen molar-refractivity contribution in [3.05, 3.63) is 47.0 Å². The zero-order valence-electron chi connectivity index (χ0n) is 10.1. The van der Waals surface area contributed by atoms with Gasteiger partial charge in [-0.2, -0.15) is 0 Å². The summed E-state index contributed by atoms with van der Waals surface area (Å²) in [6.45, 7) is 0. The van der Waals surface area contributed by atoms with Crippen LogP contribution in [0.25, 0.3) is 0 Å². The van der Waals surface area contributed by atoms with Crippen LogP contribution in [0.2, 0.25) is 0 Å². The molecule has 0 amide bonds. The lowest BCUT2D eigenvalue weighted by Crippen LogP contribution is -2.20. The van der Waals surface area contributed by atoms with Crippen molar-refractivity contribution < 1.29 is 4.79 Å². The number of benzene rings is 1. The first-order valence-electron chi connectivity index (χ1n) is 6.66. The van der Waals surface area contributed by atoms with Crippen molar-refractivity contribution in [1.29, 1.82) is 0 Å². The molecule has 88 valence electrons. The summed E-state index contributed by atoms with van der Waals surface area (Å²) in [6, 6.07) is 9.79. The van der Waals surface area contributed by atoms with Gasteiger partial charge in [-0.3, -0.25) is 4.79 Å². The molecular formula is C16H18O. The minimum absolute atomic E-state index is 0.198. The van der Waals surface area contributed by atoms with E-state index in [1.54, 1.807) is 5.57 Å². The van der Waals surface area contributed by atoms with Gasteiger partial charge in [-0.1, -0.05) is 41.5 Å². The molecule has 2 aliphatic rings. The highest BCUT2D eigenvalue weighted by molar-refractivity contribution is 5.99. The Balaban J connectivity index is 1.89. The van der Waals surface area contributed by atoms with Crippen LogP contribution < -0.4 is 0 Å². The molecule has 0 aliphatic heterocycles. The smallest absolute Gasteiger partial charge is 0.169 e. The molecular weight excluding hydrogens is 208 g/mol. The fraction of sp³-hybridized carbons (Fsp3) is 0.438. The van der Waals surface area contributed by atoms with Gasteiger partial charge in [-0.15, -0.1) is 0 Å². The van der Waals surface area contributed by atoms with Gasteiger partial charge in [0.2, 0.25) is 0 Å². The minimum Gasteiger partial charge on any atom is -0.294 e. The molecule has 0 saturated heterocycles. The number of allylic oxidation sites excluding steroid dienone is 2. The third-order valence-corrected chi connectivity index (χ3v) is 4.15. The van der Waals surface area contributed by atoms with E-state index >= 15 is 0 Å². The van der Waals surface area contributed by atoms with Crippen LogP contribution >= 0.6 is 0 Å². The molecule has 0 heterocycles. The molecule has 1 aromatic carbocycles. The Hall–Kier alpha value is -1.37. The zero-order valence-corrected chi connectivity index (χ0v) is 10.1. The van der Waals surface area contributed by atoms with Gasteiger partial charge in [0.25, 0.3) is 0 Å². The Morgan fingerprint density at radius 1 is 1.00 bits per heavy atom. The van der Waals surface area contributed by atoms with E-state index in [1.165, 1.54) is 37.7 Å². The van der Waals surface area contributed by atoms with Gasteiger partial charge >= 0.3 is 0 Å². The largest absolute Gasteiger partial charge is 0.294 e. The SMILES string of the molecule is O=C(c1ccccc1)C1CCCC2=C1CCC2. The molecule has 1 unspecified atom stereocenters. The van der Waals surface area contributed by atoms with Crippen LogP contribution in [0.5, 0.6) is 0 Å². The van der Waals surface area contributed by atoms with E-state index in [4.69, 9.17) is 0 Å². The quantitative estimate of drug-likeness (QED) is 0.547. The number of ketones is 1. The summed E-state index contributed by atoms with van der Waals surface area (Å²) >= 11 is 0.